The summed E-state index contributed by atoms with van der Waals surface area (Å²) in [5, 5.41) is 3.15. The first-order chi connectivity index (χ1) is 22.3. The quantitative estimate of drug-likeness (QED) is 0.167. The van der Waals surface area contributed by atoms with E-state index in [1.54, 1.807) is 0 Å². The number of rotatable bonds is 3. The second-order valence-electron chi connectivity index (χ2n) is 11.7. The monoisotopic (exact) mass is 789 g/mol. The topological polar surface area (TPSA) is 64.7 Å². The van der Waals surface area contributed by atoms with E-state index in [-0.39, 0.29) is 20.1 Å². The summed E-state index contributed by atoms with van der Waals surface area (Å²) >= 11 is 0. The normalized spacial score (nSPS) is 10.9. The second kappa shape index (κ2) is 13.4. The van der Waals surface area contributed by atoms with Gasteiger partial charge in [0.15, 0.2) is 0 Å². The fourth-order valence-corrected chi connectivity index (χ4v) is 5.49. The van der Waals surface area contributed by atoms with E-state index in [2.05, 4.69) is 107 Å². The number of aromatic nitrogens is 4. The summed E-state index contributed by atoms with van der Waals surface area (Å²) in [6.45, 7) is 10.2. The summed E-state index contributed by atoms with van der Waals surface area (Å²) in [5.41, 5.74) is 14.0. The third kappa shape index (κ3) is 6.62. The average Bonchev–Trinajstić information content (AvgIpc) is 3.44. The van der Waals surface area contributed by atoms with Gasteiger partial charge in [0.2, 0.25) is 5.71 Å². The van der Waals surface area contributed by atoms with E-state index < -0.39 is 0 Å². The maximum Gasteiger partial charge on any atom is 0.216 e. The van der Waals surface area contributed by atoms with Crippen molar-refractivity contribution in [2.24, 2.45) is 0 Å². The van der Waals surface area contributed by atoms with E-state index in [4.69, 9.17) is 4.42 Å². The van der Waals surface area contributed by atoms with Gasteiger partial charge in [-0.3, -0.25) is 4.98 Å². The number of nitrogens with zero attached hydrogens (tertiary/aromatic N) is 4. The van der Waals surface area contributed by atoms with Gasteiger partial charge in [-0.1, -0.05) is 47.7 Å². The molecule has 1 radical (unpaired) electrons. The minimum Gasteiger partial charge on any atom is -0.486 e. The van der Waals surface area contributed by atoms with Gasteiger partial charge in [-0.05, 0) is 92.2 Å². The summed E-state index contributed by atoms with van der Waals surface area (Å²) in [6, 6.07) is 37.4. The molecule has 47 heavy (non-hydrogen) atoms. The maximum absolute atomic E-state index is 6.14. The van der Waals surface area contributed by atoms with Crippen LogP contribution in [0.1, 0.15) is 28.1 Å². The number of aryl methyl sites for hydroxylation is 5. The van der Waals surface area contributed by atoms with Crippen molar-refractivity contribution < 1.29 is 24.5 Å². The fraction of sp³-hybridized carbons (Fsp3) is 0.122. The van der Waals surface area contributed by atoms with Gasteiger partial charge in [0.1, 0.15) is 0 Å². The van der Waals surface area contributed by atoms with Crippen LogP contribution in [0.2, 0.25) is 0 Å². The van der Waals surface area contributed by atoms with Crippen molar-refractivity contribution in [1.82, 2.24) is 19.9 Å². The third-order valence-corrected chi connectivity index (χ3v) is 8.23. The Labute approximate surface area is 288 Å². The van der Waals surface area contributed by atoms with Crippen molar-refractivity contribution in [1.29, 1.82) is 0 Å². The molecule has 0 fully saturated rings. The van der Waals surface area contributed by atoms with Gasteiger partial charge in [0.25, 0.3) is 0 Å². The molecule has 0 amide bonds. The van der Waals surface area contributed by atoms with Gasteiger partial charge in [-0.2, -0.15) is 0 Å². The zero-order chi connectivity index (χ0) is 31.8. The molecule has 0 unspecified atom stereocenters. The number of fused-ring (bicyclic) bond motifs is 4. The van der Waals surface area contributed by atoms with Crippen LogP contribution in [0.15, 0.2) is 108 Å². The van der Waals surface area contributed by atoms with Crippen molar-refractivity contribution in [3.63, 3.8) is 0 Å². The molecule has 0 spiro atoms. The first kappa shape index (κ1) is 31.9. The van der Waals surface area contributed by atoms with Crippen molar-refractivity contribution in [2.75, 3.05) is 0 Å². The number of pyridine rings is 4. The van der Waals surface area contributed by atoms with Gasteiger partial charge in [0.05, 0.1) is 11.1 Å². The molecule has 0 aliphatic carbocycles. The van der Waals surface area contributed by atoms with Crippen LogP contribution in [-0.4, -0.2) is 19.9 Å². The summed E-state index contributed by atoms with van der Waals surface area (Å²) in [4.78, 5) is 18.2. The van der Waals surface area contributed by atoms with E-state index in [1.807, 2.05) is 62.6 Å². The Balaban J connectivity index is 0.000000204. The van der Waals surface area contributed by atoms with Crippen LogP contribution < -0.4 is 0 Å². The number of furan rings is 1. The summed E-state index contributed by atoms with van der Waals surface area (Å²) in [6.07, 6.45) is 3.75. The molecule has 0 aliphatic heterocycles. The van der Waals surface area contributed by atoms with E-state index in [0.717, 1.165) is 72.3 Å². The summed E-state index contributed by atoms with van der Waals surface area (Å²) in [5.74, 6) is 0. The minimum absolute atomic E-state index is 0. The zero-order valence-electron chi connectivity index (χ0n) is 26.8. The maximum atomic E-state index is 6.14. The van der Waals surface area contributed by atoms with E-state index >= 15 is 0 Å². The van der Waals surface area contributed by atoms with Crippen LogP contribution in [0.3, 0.4) is 0 Å². The van der Waals surface area contributed by atoms with Crippen LogP contribution in [0.5, 0.6) is 0 Å². The number of benzene rings is 3. The zero-order valence-corrected chi connectivity index (χ0v) is 29.2. The van der Waals surface area contributed by atoms with E-state index in [1.165, 1.54) is 16.7 Å². The van der Waals surface area contributed by atoms with Crippen molar-refractivity contribution in [2.45, 2.75) is 34.6 Å². The molecule has 0 saturated heterocycles. The fourth-order valence-electron chi connectivity index (χ4n) is 5.49. The average molecular weight is 789 g/mol. The Bertz CT molecular complexity index is 2380. The van der Waals surface area contributed by atoms with Crippen molar-refractivity contribution in [3.8, 4) is 33.6 Å². The molecule has 8 rings (SSSR count). The van der Waals surface area contributed by atoms with Gasteiger partial charge >= 0.3 is 0 Å². The third-order valence-electron chi connectivity index (χ3n) is 8.23. The van der Waals surface area contributed by atoms with Crippen LogP contribution in [0.25, 0.3) is 66.6 Å². The van der Waals surface area contributed by atoms with Crippen LogP contribution in [0, 0.1) is 46.8 Å². The molecule has 233 valence electrons. The molecule has 5 aromatic heterocycles. The second-order valence-corrected chi connectivity index (χ2v) is 11.7. The molecule has 8 aromatic rings. The molecule has 5 heterocycles. The smallest absolute Gasteiger partial charge is 0.216 e. The minimum atomic E-state index is 0. The van der Waals surface area contributed by atoms with Gasteiger partial charge < -0.3 is 14.4 Å². The first-order valence-electron chi connectivity index (χ1n) is 15.3. The van der Waals surface area contributed by atoms with Gasteiger partial charge in [-0.25, -0.2) is 4.98 Å². The molecule has 3 aromatic carbocycles. The van der Waals surface area contributed by atoms with Crippen LogP contribution >= 0.6 is 0 Å². The van der Waals surface area contributed by atoms with Gasteiger partial charge in [-0.15, -0.1) is 53.6 Å². The summed E-state index contributed by atoms with van der Waals surface area (Å²) in [7, 11) is 0. The molecular weight excluding hydrogens is 757 g/mol. The molecule has 0 saturated carbocycles. The van der Waals surface area contributed by atoms with Crippen LogP contribution in [-0.2, 0) is 20.1 Å². The Kier molecular flexibility index (Phi) is 9.08. The van der Waals surface area contributed by atoms with Gasteiger partial charge in [0, 0.05) is 54.7 Å². The molecule has 5 nitrogen and oxygen atoms in total. The molecule has 0 bridgehead atoms. The van der Waals surface area contributed by atoms with Crippen molar-refractivity contribution in [3.05, 3.63) is 144 Å². The Hall–Kier alpha value is -5.03. The molecular formula is C41H32IrN4O-2. The molecule has 0 atom stereocenters. The predicted octanol–water partition coefficient (Wildman–Crippen LogP) is 10.1. The predicted molar refractivity (Wildman–Crippen MR) is 187 cm³/mol. The Morgan fingerprint density at radius 1 is 0.638 bits per heavy atom. The largest absolute Gasteiger partial charge is 0.486 e. The van der Waals surface area contributed by atoms with Crippen molar-refractivity contribution >= 4 is 33.0 Å². The summed E-state index contributed by atoms with van der Waals surface area (Å²) < 4.78 is 6.14. The standard InChI is InChI=1S/C27H18N3O.C14H14N.Ir/c1-16-6-8-20-14-18(9-11-24(20)29-16)19-12-13-28-25(15-19)23-5-3-4-21-22-10-7-17(2)30-27(22)31-26(21)23;1-10-4-6-13(7-5-10)14-8-11(2)12(3)9-15-14;/h3-4,6-15H,1-2H3;4-6,8-9H,1-3H3;/q2*-1;. The Morgan fingerprint density at radius 3 is 2.26 bits per heavy atom. The first-order valence-corrected chi connectivity index (χ1v) is 15.3. The van der Waals surface area contributed by atoms with Crippen LogP contribution in [0.4, 0.5) is 0 Å². The van der Waals surface area contributed by atoms with E-state index in [9.17, 15) is 0 Å². The van der Waals surface area contributed by atoms with E-state index in [0.29, 0.717) is 5.71 Å². The molecule has 6 heteroatoms. The number of hydrogen-bond acceptors (Lipinski definition) is 5. The number of hydrogen-bond donors (Lipinski definition) is 0. The Morgan fingerprint density at radius 2 is 1.45 bits per heavy atom. The molecule has 0 aliphatic rings. The molecule has 0 N–H and O–H groups in total. The SMILES string of the molecule is Cc1c[c-]c(-c2cc(C)c(C)cn2)cc1.Cc1ccc2cc(-c3ccnc(-c4[c-]ccc5c4oc4nc(C)ccc45)c3)ccc2n1.[Ir].